The molecule has 1 aromatic rings. The Morgan fingerprint density at radius 3 is 3.14 bits per heavy atom. The molecule has 0 aliphatic carbocycles. The van der Waals surface area contributed by atoms with Gasteiger partial charge in [0, 0.05) is 31.4 Å². The zero-order valence-corrected chi connectivity index (χ0v) is 8.67. The molecule has 1 atom stereocenters. The molecule has 2 heterocycles. The Hall–Kier alpha value is -0.860. The average molecular weight is 209 g/mol. The predicted octanol–water partition coefficient (Wildman–Crippen LogP) is 1.76. The predicted molar refractivity (Wildman–Crippen MR) is 58.5 cm³/mol. The lowest BCUT2D eigenvalue weighted by molar-refractivity contribution is 0.692. The van der Waals surface area contributed by atoms with Gasteiger partial charge in [-0.3, -0.25) is 4.98 Å². The molecule has 14 heavy (non-hydrogen) atoms. The monoisotopic (exact) mass is 208 g/mol. The Morgan fingerprint density at radius 2 is 2.43 bits per heavy atom. The molecule has 0 radical (unpaired) electrons. The first kappa shape index (κ1) is 9.69. The van der Waals surface area contributed by atoms with Gasteiger partial charge in [-0.2, -0.15) is 0 Å². The van der Waals surface area contributed by atoms with Crippen molar-refractivity contribution in [3.8, 4) is 0 Å². The Kier molecular flexibility index (Phi) is 3.17. The highest BCUT2D eigenvalue weighted by molar-refractivity contribution is 6.22. The summed E-state index contributed by atoms with van der Waals surface area (Å²) in [6.45, 7) is 1.80. The topological polar surface area (TPSA) is 24.9 Å². The van der Waals surface area contributed by atoms with Gasteiger partial charge in [-0.1, -0.05) is 17.7 Å². The summed E-state index contributed by atoms with van der Waals surface area (Å²) in [6.07, 6.45) is 4.86. The van der Waals surface area contributed by atoms with Crippen molar-refractivity contribution in [3.63, 3.8) is 0 Å². The highest BCUT2D eigenvalue weighted by atomic mass is 35.5. The summed E-state index contributed by atoms with van der Waals surface area (Å²) in [7, 11) is 0. The minimum absolute atomic E-state index is 0.127. The van der Waals surface area contributed by atoms with Crippen molar-refractivity contribution in [3.05, 3.63) is 41.7 Å². The lowest BCUT2D eigenvalue weighted by Crippen LogP contribution is -2.30. The fraction of sp³-hybridized carbons (Fsp3) is 0.364. The molecular weight excluding hydrogens is 196 g/mol. The molecule has 1 N–H and O–H groups in total. The van der Waals surface area contributed by atoms with E-state index in [0.29, 0.717) is 0 Å². The van der Waals surface area contributed by atoms with Crippen LogP contribution in [0.3, 0.4) is 0 Å². The highest BCUT2D eigenvalue weighted by Gasteiger charge is 2.10. The molecule has 0 saturated carbocycles. The van der Waals surface area contributed by atoms with Crippen LogP contribution in [0.4, 0.5) is 0 Å². The van der Waals surface area contributed by atoms with Crippen LogP contribution in [0.15, 0.2) is 36.0 Å². The average Bonchev–Trinajstić information content (AvgIpc) is 2.19. The third-order valence-electron chi connectivity index (χ3n) is 2.24. The van der Waals surface area contributed by atoms with E-state index in [-0.39, 0.29) is 5.38 Å². The number of rotatable bonds is 2. The maximum atomic E-state index is 6.02. The van der Waals surface area contributed by atoms with Crippen LogP contribution in [-0.4, -0.2) is 23.5 Å². The SMILES string of the molecule is ClC1C=C(Cc2ccccn2)CNC1. The second kappa shape index (κ2) is 4.58. The first-order valence-corrected chi connectivity index (χ1v) is 5.22. The highest BCUT2D eigenvalue weighted by Crippen LogP contribution is 2.11. The van der Waals surface area contributed by atoms with Crippen molar-refractivity contribution < 1.29 is 0 Å². The van der Waals surface area contributed by atoms with Crippen LogP contribution < -0.4 is 5.32 Å². The van der Waals surface area contributed by atoms with Crippen molar-refractivity contribution in [2.45, 2.75) is 11.8 Å². The lowest BCUT2D eigenvalue weighted by atomic mass is 10.1. The zero-order chi connectivity index (χ0) is 9.80. The van der Waals surface area contributed by atoms with Crippen molar-refractivity contribution in [2.24, 2.45) is 0 Å². The van der Waals surface area contributed by atoms with Gasteiger partial charge >= 0.3 is 0 Å². The molecule has 0 saturated heterocycles. The normalized spacial score (nSPS) is 21.8. The molecule has 74 valence electrons. The number of nitrogens with zero attached hydrogens (tertiary/aromatic N) is 1. The Bertz CT molecular complexity index is 321. The summed E-state index contributed by atoms with van der Waals surface area (Å²) in [5.41, 5.74) is 2.43. The van der Waals surface area contributed by atoms with Crippen LogP contribution in [0.25, 0.3) is 0 Å². The summed E-state index contributed by atoms with van der Waals surface area (Å²) in [4.78, 5) is 4.29. The van der Waals surface area contributed by atoms with Gasteiger partial charge in [0.05, 0.1) is 5.38 Å². The van der Waals surface area contributed by atoms with E-state index in [1.807, 2.05) is 24.4 Å². The Labute approximate surface area is 89.0 Å². The van der Waals surface area contributed by atoms with E-state index < -0.39 is 0 Å². The van der Waals surface area contributed by atoms with Crippen LogP contribution in [0, 0.1) is 0 Å². The standard InChI is InChI=1S/C11H13ClN2/c12-10-5-9(7-13-8-10)6-11-3-1-2-4-14-11/h1-5,10,13H,6-8H2. The summed E-state index contributed by atoms with van der Waals surface area (Å²) in [5.74, 6) is 0. The number of nitrogens with one attached hydrogen (secondary N) is 1. The number of hydrogen-bond donors (Lipinski definition) is 1. The van der Waals surface area contributed by atoms with E-state index in [4.69, 9.17) is 11.6 Å². The van der Waals surface area contributed by atoms with E-state index in [9.17, 15) is 0 Å². The second-order valence-corrected chi connectivity index (χ2v) is 4.03. The summed E-state index contributed by atoms with van der Waals surface area (Å²) in [5, 5.41) is 3.40. The van der Waals surface area contributed by atoms with Gasteiger partial charge in [-0.05, 0) is 12.1 Å². The number of halogens is 1. The number of alkyl halides is 1. The number of pyridine rings is 1. The van der Waals surface area contributed by atoms with Gasteiger partial charge < -0.3 is 5.32 Å². The molecular formula is C11H13ClN2. The summed E-state index contributed by atoms with van der Waals surface area (Å²) in [6, 6.07) is 5.98. The maximum Gasteiger partial charge on any atom is 0.0643 e. The van der Waals surface area contributed by atoms with Gasteiger partial charge in [0.2, 0.25) is 0 Å². The van der Waals surface area contributed by atoms with Crippen molar-refractivity contribution in [1.29, 1.82) is 0 Å². The molecule has 1 unspecified atom stereocenters. The van der Waals surface area contributed by atoms with E-state index >= 15 is 0 Å². The quantitative estimate of drug-likeness (QED) is 0.592. The first-order chi connectivity index (χ1) is 6.84. The van der Waals surface area contributed by atoms with E-state index in [1.54, 1.807) is 0 Å². The van der Waals surface area contributed by atoms with Gasteiger partial charge in [-0.15, -0.1) is 11.6 Å². The summed E-state index contributed by atoms with van der Waals surface area (Å²) < 4.78 is 0. The van der Waals surface area contributed by atoms with Crippen molar-refractivity contribution in [1.82, 2.24) is 10.3 Å². The Balaban J connectivity index is 2.04. The van der Waals surface area contributed by atoms with E-state index in [2.05, 4.69) is 16.4 Å². The zero-order valence-electron chi connectivity index (χ0n) is 7.91. The van der Waals surface area contributed by atoms with Crippen LogP contribution >= 0.6 is 11.6 Å². The molecule has 0 amide bonds. The maximum absolute atomic E-state index is 6.02. The van der Waals surface area contributed by atoms with Crippen LogP contribution in [0.1, 0.15) is 5.69 Å². The molecule has 0 aromatic carbocycles. The van der Waals surface area contributed by atoms with Gasteiger partial charge in [0.15, 0.2) is 0 Å². The fourth-order valence-corrected chi connectivity index (χ4v) is 1.89. The molecule has 3 heteroatoms. The van der Waals surface area contributed by atoms with Crippen LogP contribution in [-0.2, 0) is 6.42 Å². The molecule has 1 aliphatic heterocycles. The molecule has 2 nitrogen and oxygen atoms in total. The molecule has 0 fully saturated rings. The van der Waals surface area contributed by atoms with Crippen LogP contribution in [0.5, 0.6) is 0 Å². The Morgan fingerprint density at radius 1 is 1.50 bits per heavy atom. The van der Waals surface area contributed by atoms with Crippen molar-refractivity contribution >= 4 is 11.6 Å². The number of hydrogen-bond acceptors (Lipinski definition) is 2. The molecule has 1 aromatic heterocycles. The molecule has 1 aliphatic rings. The van der Waals surface area contributed by atoms with E-state index in [0.717, 1.165) is 25.2 Å². The summed E-state index contributed by atoms with van der Waals surface area (Å²) >= 11 is 6.02. The first-order valence-electron chi connectivity index (χ1n) is 4.79. The molecule has 0 spiro atoms. The minimum Gasteiger partial charge on any atom is -0.311 e. The molecule has 0 bridgehead atoms. The van der Waals surface area contributed by atoms with E-state index in [1.165, 1.54) is 5.57 Å². The lowest BCUT2D eigenvalue weighted by Gasteiger charge is -2.17. The van der Waals surface area contributed by atoms with Crippen LogP contribution in [0.2, 0.25) is 0 Å². The minimum atomic E-state index is 0.127. The largest absolute Gasteiger partial charge is 0.311 e. The third kappa shape index (κ3) is 2.56. The van der Waals surface area contributed by atoms with Gasteiger partial charge in [0.1, 0.15) is 0 Å². The second-order valence-electron chi connectivity index (χ2n) is 3.47. The van der Waals surface area contributed by atoms with Gasteiger partial charge in [-0.25, -0.2) is 0 Å². The van der Waals surface area contributed by atoms with Crippen molar-refractivity contribution in [2.75, 3.05) is 13.1 Å². The smallest absolute Gasteiger partial charge is 0.0643 e. The fourth-order valence-electron chi connectivity index (χ4n) is 1.60. The van der Waals surface area contributed by atoms with Gasteiger partial charge in [0.25, 0.3) is 0 Å². The molecule has 2 rings (SSSR count). The number of aromatic nitrogens is 1. The third-order valence-corrected chi connectivity index (χ3v) is 2.52.